The number of rotatable bonds is 4. The van der Waals surface area contributed by atoms with Crippen LogP contribution in [0.3, 0.4) is 0 Å². The van der Waals surface area contributed by atoms with Gasteiger partial charge in [-0.05, 0) is 45.9 Å². The number of aromatic nitrogens is 2. The maximum absolute atomic E-state index is 12.2. The predicted molar refractivity (Wildman–Crippen MR) is 96.1 cm³/mol. The largest absolute Gasteiger partial charge is 0.442 e. The lowest BCUT2D eigenvalue weighted by Gasteiger charge is -1.97. The molecule has 3 aromatic rings. The van der Waals surface area contributed by atoms with Gasteiger partial charge in [-0.1, -0.05) is 34.1 Å². The topological polar surface area (TPSA) is 66.9 Å². The lowest BCUT2D eigenvalue weighted by atomic mass is 10.1. The van der Waals surface area contributed by atoms with Crippen molar-refractivity contribution in [2.24, 2.45) is 0 Å². The van der Waals surface area contributed by atoms with E-state index in [0.29, 0.717) is 11.3 Å². The predicted octanol–water partition coefficient (Wildman–Crippen LogP) is 3.67. The number of allylic oxidation sites excluding steroid dienone is 1. The molecule has 0 saturated heterocycles. The van der Waals surface area contributed by atoms with Crippen molar-refractivity contribution in [2.75, 3.05) is 0 Å². The summed E-state index contributed by atoms with van der Waals surface area (Å²) >= 11 is 6.50. The Kier molecular flexibility index (Phi) is 4.92. The lowest BCUT2D eigenvalue weighted by molar-refractivity contribution is -0.680. The van der Waals surface area contributed by atoms with Gasteiger partial charge in [0.2, 0.25) is 5.69 Å². The van der Waals surface area contributed by atoms with E-state index < -0.39 is 5.63 Å². The van der Waals surface area contributed by atoms with Crippen molar-refractivity contribution >= 4 is 43.7 Å². The lowest BCUT2D eigenvalue weighted by Crippen LogP contribution is -2.34. The van der Waals surface area contributed by atoms with Gasteiger partial charge in [-0.25, -0.2) is 4.79 Å². The molecule has 0 amide bonds. The molecular formula is C17H11Br2N2O3+. The third kappa shape index (κ3) is 3.63. The summed E-state index contributed by atoms with van der Waals surface area (Å²) in [6, 6.07) is 14.5. The number of ketones is 1. The van der Waals surface area contributed by atoms with E-state index in [1.165, 1.54) is 10.8 Å². The van der Waals surface area contributed by atoms with Crippen LogP contribution in [-0.2, 0) is 0 Å². The fourth-order valence-electron chi connectivity index (χ4n) is 2.04. The molecule has 0 atom stereocenters. The summed E-state index contributed by atoms with van der Waals surface area (Å²) in [4.78, 5) is 23.5. The molecular weight excluding hydrogens is 440 g/mol. The molecule has 3 rings (SSSR count). The number of benzene rings is 2. The number of hydrogen-bond acceptors (Lipinski definition) is 3. The third-order valence-corrected chi connectivity index (χ3v) is 4.51. The summed E-state index contributed by atoms with van der Waals surface area (Å²) in [5.41, 5.74) is 1.65. The van der Waals surface area contributed by atoms with E-state index >= 15 is 0 Å². The van der Waals surface area contributed by atoms with Gasteiger partial charge in [0.25, 0.3) is 0 Å². The Hall–Kier alpha value is -2.25. The summed E-state index contributed by atoms with van der Waals surface area (Å²) in [5, 5.41) is 2.47. The van der Waals surface area contributed by atoms with Crippen LogP contribution in [0.1, 0.15) is 15.9 Å². The van der Waals surface area contributed by atoms with Crippen LogP contribution in [-0.4, -0.2) is 11.1 Å². The monoisotopic (exact) mass is 449 g/mol. The summed E-state index contributed by atoms with van der Waals surface area (Å²) in [7, 11) is 0. The summed E-state index contributed by atoms with van der Waals surface area (Å²) in [6.07, 6.45) is 3.29. The van der Waals surface area contributed by atoms with Crippen molar-refractivity contribution < 1.29 is 14.0 Å². The van der Waals surface area contributed by atoms with Crippen LogP contribution >= 0.6 is 31.9 Å². The number of nitrogens with one attached hydrogen (secondary N) is 1. The van der Waals surface area contributed by atoms with Gasteiger partial charge in [-0.2, -0.15) is 0 Å². The normalized spacial score (nSPS) is 11.1. The molecule has 0 saturated carbocycles. The number of H-pyrrole nitrogens is 1. The van der Waals surface area contributed by atoms with Crippen molar-refractivity contribution in [1.29, 1.82) is 0 Å². The Morgan fingerprint density at radius 3 is 2.29 bits per heavy atom. The van der Waals surface area contributed by atoms with E-state index in [1.54, 1.807) is 30.3 Å². The molecule has 0 aliphatic carbocycles. The second kappa shape index (κ2) is 7.11. The van der Waals surface area contributed by atoms with Crippen molar-refractivity contribution in [1.82, 2.24) is 5.27 Å². The van der Waals surface area contributed by atoms with E-state index in [-0.39, 0.29) is 10.4 Å². The highest BCUT2D eigenvalue weighted by Crippen LogP contribution is 2.13. The van der Waals surface area contributed by atoms with Gasteiger partial charge < -0.3 is 0 Å². The molecule has 0 aliphatic heterocycles. The van der Waals surface area contributed by atoms with Crippen LogP contribution in [0, 0.1) is 0 Å². The zero-order valence-electron chi connectivity index (χ0n) is 12.2. The molecule has 24 heavy (non-hydrogen) atoms. The summed E-state index contributed by atoms with van der Waals surface area (Å²) < 4.78 is 7.35. The Bertz CT molecular complexity index is 955. The van der Waals surface area contributed by atoms with Gasteiger partial charge in [-0.15, -0.1) is 0 Å². The SMILES string of the molecule is O=C(/C=C/c1ccc(Br)cc1)c1ccc(-[n+]2[nH]oc(=O)c2Br)cc1. The number of aromatic amines is 1. The molecule has 1 aromatic heterocycles. The quantitative estimate of drug-likeness (QED) is 0.374. The van der Waals surface area contributed by atoms with Crippen molar-refractivity contribution in [3.05, 3.63) is 85.2 Å². The molecule has 1 N–H and O–H groups in total. The van der Waals surface area contributed by atoms with Crippen LogP contribution < -0.4 is 10.3 Å². The van der Waals surface area contributed by atoms with Crippen molar-refractivity contribution in [3.8, 4) is 5.69 Å². The molecule has 2 aromatic carbocycles. The smallest absolute Gasteiger partial charge is 0.289 e. The number of nitrogens with zero attached hydrogens (tertiary/aromatic N) is 1. The van der Waals surface area contributed by atoms with E-state index in [0.717, 1.165) is 10.0 Å². The van der Waals surface area contributed by atoms with E-state index in [4.69, 9.17) is 0 Å². The second-order valence-electron chi connectivity index (χ2n) is 4.90. The molecule has 1 heterocycles. The van der Waals surface area contributed by atoms with E-state index in [9.17, 15) is 9.59 Å². The fourth-order valence-corrected chi connectivity index (χ4v) is 2.67. The minimum Gasteiger partial charge on any atom is -0.289 e. The summed E-state index contributed by atoms with van der Waals surface area (Å²) in [6.45, 7) is 0. The first-order chi connectivity index (χ1) is 11.5. The van der Waals surface area contributed by atoms with Crippen molar-refractivity contribution in [3.63, 3.8) is 0 Å². The molecule has 0 bridgehead atoms. The Labute approximate surface area is 153 Å². The highest BCUT2D eigenvalue weighted by atomic mass is 79.9. The number of carbonyl (C=O) groups is 1. The maximum Gasteiger partial charge on any atom is 0.442 e. The Morgan fingerprint density at radius 2 is 1.71 bits per heavy atom. The van der Waals surface area contributed by atoms with Crippen molar-refractivity contribution in [2.45, 2.75) is 0 Å². The number of carbonyl (C=O) groups excluding carboxylic acids is 1. The molecule has 0 fully saturated rings. The molecule has 7 heteroatoms. The van der Waals surface area contributed by atoms with Crippen LogP contribution in [0.2, 0.25) is 0 Å². The van der Waals surface area contributed by atoms with Gasteiger partial charge in [0.05, 0.1) is 0 Å². The van der Waals surface area contributed by atoms with Crippen LogP contribution in [0.4, 0.5) is 0 Å². The standard InChI is InChI=1S/C17H10Br2N2O3/c18-13-6-1-11(2-7-13)3-10-15(22)12-4-8-14(9-5-12)21-16(19)17(23)24-20-21/h1-10H/p+1/b10-3+. The van der Waals surface area contributed by atoms with Gasteiger partial charge in [0.1, 0.15) is 0 Å². The van der Waals surface area contributed by atoms with Crippen LogP contribution in [0.15, 0.2) is 73.0 Å². The molecule has 120 valence electrons. The Morgan fingerprint density at radius 1 is 1.04 bits per heavy atom. The average molecular weight is 451 g/mol. The van der Waals surface area contributed by atoms with Gasteiger partial charge in [0, 0.05) is 38.1 Å². The van der Waals surface area contributed by atoms with Gasteiger partial charge >= 0.3 is 10.2 Å². The molecule has 0 unspecified atom stereocenters. The molecule has 0 spiro atoms. The highest BCUT2D eigenvalue weighted by Gasteiger charge is 2.20. The van der Waals surface area contributed by atoms with Crippen LogP contribution in [0.5, 0.6) is 0 Å². The van der Waals surface area contributed by atoms with Gasteiger partial charge in [0.15, 0.2) is 5.78 Å². The maximum atomic E-state index is 12.2. The molecule has 0 aliphatic rings. The fraction of sp³-hybridized carbons (Fsp3) is 0. The first-order valence-electron chi connectivity index (χ1n) is 6.92. The molecule has 0 radical (unpaired) electrons. The number of halogens is 2. The average Bonchev–Trinajstić information content (AvgIpc) is 2.93. The van der Waals surface area contributed by atoms with E-state index in [2.05, 4.69) is 41.7 Å². The first kappa shape index (κ1) is 16.6. The minimum absolute atomic E-state index is 0.103. The minimum atomic E-state index is -0.507. The van der Waals surface area contributed by atoms with Gasteiger partial charge in [-0.3, -0.25) is 9.32 Å². The zero-order valence-corrected chi connectivity index (χ0v) is 15.4. The highest BCUT2D eigenvalue weighted by molar-refractivity contribution is 9.10. The zero-order chi connectivity index (χ0) is 17.1. The Balaban J connectivity index is 1.77. The third-order valence-electron chi connectivity index (χ3n) is 3.30. The van der Waals surface area contributed by atoms with E-state index in [1.807, 2.05) is 24.3 Å². The first-order valence-corrected chi connectivity index (χ1v) is 8.50. The van der Waals surface area contributed by atoms with Crippen LogP contribution in [0.25, 0.3) is 11.8 Å². The number of hydrogen-bond donors (Lipinski definition) is 1. The second-order valence-corrected chi connectivity index (χ2v) is 6.57. The summed E-state index contributed by atoms with van der Waals surface area (Å²) in [5.74, 6) is -0.103. The molecule has 5 nitrogen and oxygen atoms in total.